The van der Waals surface area contributed by atoms with Crippen LogP contribution in [0.3, 0.4) is 0 Å². The van der Waals surface area contributed by atoms with E-state index in [-0.39, 0.29) is 0 Å². The smallest absolute Gasteiger partial charge is 0.207 e. The number of rotatable bonds is 6. The van der Waals surface area contributed by atoms with E-state index in [1.54, 1.807) is 0 Å². The number of aryl methyl sites for hydroxylation is 1. The molecule has 0 amide bonds. The fourth-order valence-corrected chi connectivity index (χ4v) is 2.39. The maximum absolute atomic E-state index is 4.51. The Bertz CT molecular complexity index is 538. The minimum absolute atomic E-state index is 0.869. The first-order valence-corrected chi connectivity index (χ1v) is 7.34. The van der Waals surface area contributed by atoms with Gasteiger partial charge in [-0.1, -0.05) is 0 Å². The molecule has 0 saturated heterocycles. The van der Waals surface area contributed by atoms with Gasteiger partial charge in [0.2, 0.25) is 5.95 Å². The highest BCUT2D eigenvalue weighted by Gasteiger charge is 2.07. The number of nitrogens with one attached hydrogen (secondary N) is 1. The molecule has 0 spiro atoms. The predicted molar refractivity (Wildman–Crippen MR) is 86.0 cm³/mol. The Hall–Kier alpha value is -1.97. The highest BCUT2D eigenvalue weighted by molar-refractivity contribution is 5.53. The summed E-state index contributed by atoms with van der Waals surface area (Å²) in [7, 11) is 0. The van der Waals surface area contributed by atoms with Crippen molar-refractivity contribution in [1.82, 2.24) is 9.55 Å². The summed E-state index contributed by atoms with van der Waals surface area (Å²) >= 11 is 0. The van der Waals surface area contributed by atoms with Crippen LogP contribution in [0.4, 0.5) is 11.6 Å². The van der Waals surface area contributed by atoms with Crippen molar-refractivity contribution in [3.8, 4) is 5.69 Å². The van der Waals surface area contributed by atoms with Gasteiger partial charge in [0.25, 0.3) is 0 Å². The molecule has 2 aromatic rings. The Kier molecular flexibility index (Phi) is 4.66. The standard InChI is InChI=1S/C16H24N4/c1-5-17-16-18-13(4)12-20(16)15-10-8-14(9-11-15)19(6-2)7-3/h8-12H,5-7H2,1-4H3,(H,17,18). The number of hydrogen-bond acceptors (Lipinski definition) is 3. The molecule has 0 aliphatic rings. The van der Waals surface area contributed by atoms with E-state index in [1.165, 1.54) is 5.69 Å². The summed E-state index contributed by atoms with van der Waals surface area (Å²) in [4.78, 5) is 6.85. The van der Waals surface area contributed by atoms with Gasteiger partial charge in [-0.15, -0.1) is 0 Å². The van der Waals surface area contributed by atoms with Gasteiger partial charge < -0.3 is 10.2 Å². The van der Waals surface area contributed by atoms with Gasteiger partial charge in [-0.05, 0) is 52.0 Å². The Morgan fingerprint density at radius 3 is 2.30 bits per heavy atom. The Labute approximate surface area is 121 Å². The molecular weight excluding hydrogens is 248 g/mol. The molecule has 2 rings (SSSR count). The van der Waals surface area contributed by atoms with Crippen LogP contribution in [0.15, 0.2) is 30.5 Å². The minimum Gasteiger partial charge on any atom is -0.372 e. The summed E-state index contributed by atoms with van der Waals surface area (Å²) < 4.78 is 2.10. The van der Waals surface area contributed by atoms with Crippen molar-refractivity contribution in [2.45, 2.75) is 27.7 Å². The van der Waals surface area contributed by atoms with Crippen LogP contribution >= 0.6 is 0 Å². The molecule has 20 heavy (non-hydrogen) atoms. The lowest BCUT2D eigenvalue weighted by Gasteiger charge is -2.21. The topological polar surface area (TPSA) is 33.1 Å². The Morgan fingerprint density at radius 2 is 1.75 bits per heavy atom. The lowest BCUT2D eigenvalue weighted by molar-refractivity contribution is 0.865. The quantitative estimate of drug-likeness (QED) is 0.874. The second-order valence-electron chi connectivity index (χ2n) is 4.79. The Morgan fingerprint density at radius 1 is 1.10 bits per heavy atom. The summed E-state index contributed by atoms with van der Waals surface area (Å²) in [5, 5.41) is 3.30. The second-order valence-corrected chi connectivity index (χ2v) is 4.79. The van der Waals surface area contributed by atoms with E-state index in [4.69, 9.17) is 0 Å². The van der Waals surface area contributed by atoms with Gasteiger partial charge >= 0.3 is 0 Å². The predicted octanol–water partition coefficient (Wildman–Crippen LogP) is 3.46. The maximum atomic E-state index is 4.51. The van der Waals surface area contributed by atoms with Crippen molar-refractivity contribution >= 4 is 11.6 Å². The fraction of sp³-hybridized carbons (Fsp3) is 0.438. The van der Waals surface area contributed by atoms with Gasteiger partial charge in [0.15, 0.2) is 0 Å². The van der Waals surface area contributed by atoms with Crippen molar-refractivity contribution < 1.29 is 0 Å². The Balaban J connectivity index is 2.30. The summed E-state index contributed by atoms with van der Waals surface area (Å²) in [5.41, 5.74) is 3.42. The molecule has 0 aliphatic heterocycles. The first-order valence-electron chi connectivity index (χ1n) is 7.34. The average Bonchev–Trinajstić information content (AvgIpc) is 2.82. The molecule has 108 valence electrons. The molecule has 0 radical (unpaired) electrons. The van der Waals surface area contributed by atoms with Crippen molar-refractivity contribution in [2.75, 3.05) is 29.9 Å². The largest absolute Gasteiger partial charge is 0.372 e. The molecule has 0 fully saturated rings. The van der Waals surface area contributed by atoms with Crippen LogP contribution in [-0.2, 0) is 0 Å². The molecule has 1 N–H and O–H groups in total. The van der Waals surface area contributed by atoms with Crippen LogP contribution in [0.5, 0.6) is 0 Å². The lowest BCUT2D eigenvalue weighted by Crippen LogP contribution is -2.21. The van der Waals surface area contributed by atoms with Crippen molar-refractivity contribution in [3.05, 3.63) is 36.2 Å². The number of anilines is 2. The van der Waals surface area contributed by atoms with Gasteiger partial charge in [0, 0.05) is 37.2 Å². The number of benzene rings is 1. The van der Waals surface area contributed by atoms with Gasteiger partial charge in [-0.3, -0.25) is 4.57 Å². The molecule has 1 heterocycles. The van der Waals surface area contributed by atoms with Crippen LogP contribution in [0.25, 0.3) is 5.69 Å². The molecule has 4 heteroatoms. The van der Waals surface area contributed by atoms with E-state index in [9.17, 15) is 0 Å². The number of aromatic nitrogens is 2. The molecule has 4 nitrogen and oxygen atoms in total. The third-order valence-electron chi connectivity index (χ3n) is 3.42. The maximum Gasteiger partial charge on any atom is 0.207 e. The summed E-state index contributed by atoms with van der Waals surface area (Å²) in [6, 6.07) is 8.64. The third-order valence-corrected chi connectivity index (χ3v) is 3.42. The molecule has 0 unspecified atom stereocenters. The number of nitrogens with zero attached hydrogens (tertiary/aromatic N) is 3. The summed E-state index contributed by atoms with van der Waals surface area (Å²) in [5.74, 6) is 0.903. The second kappa shape index (κ2) is 6.46. The molecular formula is C16H24N4. The highest BCUT2D eigenvalue weighted by Crippen LogP contribution is 2.20. The molecule has 1 aromatic heterocycles. The highest BCUT2D eigenvalue weighted by atomic mass is 15.2. The van der Waals surface area contributed by atoms with Crippen LogP contribution in [-0.4, -0.2) is 29.2 Å². The molecule has 0 atom stereocenters. The normalized spacial score (nSPS) is 10.6. The minimum atomic E-state index is 0.869. The van der Waals surface area contributed by atoms with Gasteiger partial charge in [-0.25, -0.2) is 4.98 Å². The molecule has 0 bridgehead atoms. The van der Waals surface area contributed by atoms with E-state index in [0.717, 1.165) is 37.0 Å². The van der Waals surface area contributed by atoms with Gasteiger partial charge in [-0.2, -0.15) is 0 Å². The first-order chi connectivity index (χ1) is 9.69. The zero-order chi connectivity index (χ0) is 14.5. The molecule has 0 saturated carbocycles. The summed E-state index contributed by atoms with van der Waals surface area (Å²) in [6.07, 6.45) is 2.06. The van der Waals surface area contributed by atoms with Crippen LogP contribution in [0.1, 0.15) is 26.5 Å². The monoisotopic (exact) mass is 272 g/mol. The van der Waals surface area contributed by atoms with E-state index in [0.29, 0.717) is 0 Å². The van der Waals surface area contributed by atoms with E-state index < -0.39 is 0 Å². The van der Waals surface area contributed by atoms with Crippen molar-refractivity contribution in [2.24, 2.45) is 0 Å². The van der Waals surface area contributed by atoms with Crippen LogP contribution < -0.4 is 10.2 Å². The summed E-state index contributed by atoms with van der Waals surface area (Å²) in [6.45, 7) is 11.4. The van der Waals surface area contributed by atoms with Crippen molar-refractivity contribution in [1.29, 1.82) is 0 Å². The van der Waals surface area contributed by atoms with E-state index in [2.05, 4.69) is 71.0 Å². The van der Waals surface area contributed by atoms with Crippen LogP contribution in [0, 0.1) is 6.92 Å². The first kappa shape index (κ1) is 14.4. The third kappa shape index (κ3) is 2.95. The fourth-order valence-electron chi connectivity index (χ4n) is 2.39. The zero-order valence-electron chi connectivity index (χ0n) is 12.8. The van der Waals surface area contributed by atoms with E-state index >= 15 is 0 Å². The van der Waals surface area contributed by atoms with Gasteiger partial charge in [0.1, 0.15) is 0 Å². The zero-order valence-corrected chi connectivity index (χ0v) is 12.8. The number of imidazole rings is 1. The van der Waals surface area contributed by atoms with Crippen LogP contribution in [0.2, 0.25) is 0 Å². The number of hydrogen-bond donors (Lipinski definition) is 1. The van der Waals surface area contributed by atoms with E-state index in [1.807, 2.05) is 6.92 Å². The van der Waals surface area contributed by atoms with Gasteiger partial charge in [0.05, 0.1) is 5.69 Å². The lowest BCUT2D eigenvalue weighted by atomic mass is 10.2. The SMILES string of the molecule is CCNc1nc(C)cn1-c1ccc(N(CC)CC)cc1. The molecule has 0 aliphatic carbocycles. The average molecular weight is 272 g/mol. The molecule has 1 aromatic carbocycles. The van der Waals surface area contributed by atoms with Crippen molar-refractivity contribution in [3.63, 3.8) is 0 Å².